The minimum atomic E-state index is 0.0781. The zero-order valence-electron chi connectivity index (χ0n) is 9.05. The average molecular weight is 191 g/mol. The van der Waals surface area contributed by atoms with Gasteiger partial charge in [-0.05, 0) is 24.5 Å². The van der Waals surface area contributed by atoms with Crippen LogP contribution in [0.3, 0.4) is 0 Å². The van der Waals surface area contributed by atoms with Gasteiger partial charge in [-0.25, -0.2) is 0 Å². The van der Waals surface area contributed by atoms with Crippen LogP contribution in [-0.2, 0) is 6.42 Å². The van der Waals surface area contributed by atoms with Crippen LogP contribution in [0.15, 0.2) is 18.2 Å². The molecule has 0 atom stereocenters. The summed E-state index contributed by atoms with van der Waals surface area (Å²) >= 11 is 0. The first-order valence-corrected chi connectivity index (χ1v) is 5.16. The fourth-order valence-electron chi connectivity index (χ4n) is 1.66. The van der Waals surface area contributed by atoms with Gasteiger partial charge in [0.25, 0.3) is 5.91 Å². The zero-order valence-corrected chi connectivity index (χ0v) is 9.05. The molecule has 2 rings (SSSR count). The lowest BCUT2D eigenvalue weighted by Crippen LogP contribution is -2.32. The normalized spacial score (nSPS) is 13.5. The first kappa shape index (κ1) is 10.8. The van der Waals surface area contributed by atoms with Crippen molar-refractivity contribution in [2.24, 2.45) is 0 Å². The molecular formula is C12H17NO. The van der Waals surface area contributed by atoms with E-state index in [9.17, 15) is 4.79 Å². The molecule has 1 aliphatic rings. The molecule has 0 spiro atoms. The summed E-state index contributed by atoms with van der Waals surface area (Å²) in [5.41, 5.74) is 3.13. The highest BCUT2D eigenvalue weighted by Crippen LogP contribution is 2.17. The van der Waals surface area contributed by atoms with Gasteiger partial charge in [0.05, 0.1) is 0 Å². The zero-order chi connectivity index (χ0) is 10.6. The number of aryl methyl sites for hydroxylation is 1. The number of carbonyl (C=O) groups is 1. The number of fused-ring (bicyclic) bond motifs is 1. The SMILES string of the molecule is CC.Cc1cccc2c1C(=O)NCC2. The molecule has 2 nitrogen and oxygen atoms in total. The van der Waals surface area contributed by atoms with Crippen molar-refractivity contribution < 1.29 is 4.79 Å². The molecule has 76 valence electrons. The lowest BCUT2D eigenvalue weighted by molar-refractivity contribution is 0.0945. The maximum Gasteiger partial charge on any atom is 0.251 e. The van der Waals surface area contributed by atoms with Crippen LogP contribution in [-0.4, -0.2) is 12.5 Å². The number of carbonyl (C=O) groups excluding carboxylic acids is 1. The molecule has 0 radical (unpaired) electrons. The Labute approximate surface area is 85.3 Å². The number of hydrogen-bond donors (Lipinski definition) is 1. The molecular weight excluding hydrogens is 174 g/mol. The molecule has 2 heteroatoms. The minimum Gasteiger partial charge on any atom is -0.352 e. The van der Waals surface area contributed by atoms with Gasteiger partial charge in [0, 0.05) is 12.1 Å². The molecule has 1 aromatic rings. The van der Waals surface area contributed by atoms with Crippen LogP contribution >= 0.6 is 0 Å². The number of hydrogen-bond acceptors (Lipinski definition) is 1. The Morgan fingerprint density at radius 2 is 2.00 bits per heavy atom. The fraction of sp³-hybridized carbons (Fsp3) is 0.417. The predicted octanol–water partition coefficient (Wildman–Crippen LogP) is 2.31. The van der Waals surface area contributed by atoms with E-state index < -0.39 is 0 Å². The second-order valence-electron chi connectivity index (χ2n) is 3.11. The van der Waals surface area contributed by atoms with Crippen molar-refractivity contribution >= 4 is 5.91 Å². The molecule has 1 aliphatic heterocycles. The largest absolute Gasteiger partial charge is 0.352 e. The Morgan fingerprint density at radius 3 is 2.64 bits per heavy atom. The van der Waals surface area contributed by atoms with Crippen molar-refractivity contribution in [1.29, 1.82) is 0 Å². The summed E-state index contributed by atoms with van der Waals surface area (Å²) in [5, 5.41) is 2.84. The van der Waals surface area contributed by atoms with Gasteiger partial charge in [-0.3, -0.25) is 4.79 Å². The van der Waals surface area contributed by atoms with Crippen molar-refractivity contribution in [3.8, 4) is 0 Å². The molecule has 0 fully saturated rings. The monoisotopic (exact) mass is 191 g/mol. The highest BCUT2D eigenvalue weighted by Gasteiger charge is 2.17. The van der Waals surface area contributed by atoms with Crippen LogP contribution in [0.25, 0.3) is 0 Å². The number of amides is 1. The molecule has 0 saturated heterocycles. The van der Waals surface area contributed by atoms with Gasteiger partial charge in [-0.15, -0.1) is 0 Å². The summed E-state index contributed by atoms with van der Waals surface area (Å²) in [4.78, 5) is 11.4. The van der Waals surface area contributed by atoms with Gasteiger partial charge in [0.2, 0.25) is 0 Å². The fourth-order valence-corrected chi connectivity index (χ4v) is 1.66. The summed E-state index contributed by atoms with van der Waals surface area (Å²) in [6, 6.07) is 6.01. The molecule has 0 unspecified atom stereocenters. The quantitative estimate of drug-likeness (QED) is 0.670. The summed E-state index contributed by atoms with van der Waals surface area (Å²) in [6.07, 6.45) is 0.961. The maximum absolute atomic E-state index is 11.4. The Balaban J connectivity index is 0.000000461. The smallest absolute Gasteiger partial charge is 0.251 e. The van der Waals surface area contributed by atoms with Crippen molar-refractivity contribution in [3.05, 3.63) is 34.9 Å². The molecule has 0 bridgehead atoms. The van der Waals surface area contributed by atoms with Crippen LogP contribution in [0.1, 0.15) is 35.3 Å². The molecule has 0 saturated carbocycles. The van der Waals surface area contributed by atoms with Crippen molar-refractivity contribution in [1.82, 2.24) is 5.32 Å². The van der Waals surface area contributed by atoms with E-state index in [2.05, 4.69) is 5.32 Å². The Bertz CT molecular complexity index is 331. The number of rotatable bonds is 0. The van der Waals surface area contributed by atoms with Crippen molar-refractivity contribution in [2.45, 2.75) is 27.2 Å². The standard InChI is InChI=1S/C10H11NO.C2H6/c1-7-3-2-4-8-5-6-11-10(12)9(7)8;1-2/h2-4H,5-6H2,1H3,(H,11,12);1-2H3. The number of benzene rings is 1. The molecule has 0 aliphatic carbocycles. The molecule has 1 aromatic carbocycles. The van der Waals surface area contributed by atoms with Crippen LogP contribution in [0.4, 0.5) is 0 Å². The number of nitrogens with one attached hydrogen (secondary N) is 1. The highest BCUT2D eigenvalue weighted by atomic mass is 16.1. The van der Waals surface area contributed by atoms with Gasteiger partial charge in [0.15, 0.2) is 0 Å². The molecule has 0 aromatic heterocycles. The molecule has 14 heavy (non-hydrogen) atoms. The lowest BCUT2D eigenvalue weighted by atomic mass is 9.96. The summed E-state index contributed by atoms with van der Waals surface area (Å²) in [5.74, 6) is 0.0781. The predicted molar refractivity (Wildman–Crippen MR) is 58.6 cm³/mol. The van der Waals surface area contributed by atoms with E-state index in [-0.39, 0.29) is 5.91 Å². The van der Waals surface area contributed by atoms with Gasteiger partial charge < -0.3 is 5.32 Å². The van der Waals surface area contributed by atoms with E-state index in [0.29, 0.717) is 0 Å². The summed E-state index contributed by atoms with van der Waals surface area (Å²) in [6.45, 7) is 6.75. The van der Waals surface area contributed by atoms with Gasteiger partial charge >= 0.3 is 0 Å². The van der Waals surface area contributed by atoms with E-state index in [1.54, 1.807) is 0 Å². The Kier molecular flexibility index (Phi) is 3.69. The average Bonchev–Trinajstić information content (AvgIpc) is 2.21. The third-order valence-electron chi connectivity index (χ3n) is 2.27. The van der Waals surface area contributed by atoms with E-state index >= 15 is 0 Å². The third-order valence-corrected chi connectivity index (χ3v) is 2.27. The molecule has 1 amide bonds. The second kappa shape index (κ2) is 4.80. The minimum absolute atomic E-state index is 0.0781. The Hall–Kier alpha value is -1.31. The molecule has 1 heterocycles. The Morgan fingerprint density at radius 1 is 1.29 bits per heavy atom. The van der Waals surface area contributed by atoms with Crippen LogP contribution < -0.4 is 5.32 Å². The van der Waals surface area contributed by atoms with Crippen molar-refractivity contribution in [3.63, 3.8) is 0 Å². The van der Waals surface area contributed by atoms with E-state index in [0.717, 1.165) is 24.1 Å². The topological polar surface area (TPSA) is 29.1 Å². The van der Waals surface area contributed by atoms with E-state index in [1.807, 2.05) is 39.0 Å². The second-order valence-corrected chi connectivity index (χ2v) is 3.11. The van der Waals surface area contributed by atoms with E-state index in [1.165, 1.54) is 5.56 Å². The maximum atomic E-state index is 11.4. The first-order chi connectivity index (χ1) is 6.79. The first-order valence-electron chi connectivity index (χ1n) is 5.16. The third kappa shape index (κ3) is 1.95. The summed E-state index contributed by atoms with van der Waals surface area (Å²) in [7, 11) is 0. The molecule has 1 N–H and O–H groups in total. The van der Waals surface area contributed by atoms with Crippen LogP contribution in [0, 0.1) is 6.92 Å². The van der Waals surface area contributed by atoms with Crippen LogP contribution in [0.2, 0.25) is 0 Å². The van der Waals surface area contributed by atoms with E-state index in [4.69, 9.17) is 0 Å². The lowest BCUT2D eigenvalue weighted by Gasteiger charge is -2.17. The highest BCUT2D eigenvalue weighted by molar-refractivity contribution is 5.98. The van der Waals surface area contributed by atoms with Gasteiger partial charge in [0.1, 0.15) is 0 Å². The summed E-state index contributed by atoms with van der Waals surface area (Å²) < 4.78 is 0. The van der Waals surface area contributed by atoms with Gasteiger partial charge in [-0.2, -0.15) is 0 Å². The van der Waals surface area contributed by atoms with Crippen LogP contribution in [0.5, 0.6) is 0 Å². The van der Waals surface area contributed by atoms with Crippen molar-refractivity contribution in [2.75, 3.05) is 6.54 Å². The van der Waals surface area contributed by atoms with Gasteiger partial charge in [-0.1, -0.05) is 32.0 Å².